The quantitative estimate of drug-likeness (QED) is 0.785. The molecule has 5 nitrogen and oxygen atoms in total. The zero-order valence-electron chi connectivity index (χ0n) is 12.4. The highest BCUT2D eigenvalue weighted by Gasteiger charge is 2.23. The molecule has 0 unspecified atom stereocenters. The molecule has 1 atom stereocenters. The predicted octanol–water partition coefficient (Wildman–Crippen LogP) is 1.15. The Balaban J connectivity index is 2.66. The number of rotatable bonds is 7. The Labute approximate surface area is 120 Å². The molecule has 0 saturated heterocycles. The fourth-order valence-corrected chi connectivity index (χ4v) is 2.00. The Hall–Kier alpha value is -1.59. The first-order valence-corrected chi connectivity index (χ1v) is 6.78. The van der Waals surface area contributed by atoms with Gasteiger partial charge in [-0.1, -0.05) is 12.1 Å². The number of amides is 1. The topological polar surface area (TPSA) is 75.8 Å². The lowest BCUT2D eigenvalue weighted by atomic mass is 10.0. The lowest BCUT2D eigenvalue weighted by Gasteiger charge is -2.29. The lowest BCUT2D eigenvalue weighted by Crippen LogP contribution is -2.49. The second-order valence-corrected chi connectivity index (χ2v) is 5.10. The maximum absolute atomic E-state index is 12.4. The molecule has 0 spiro atoms. The van der Waals surface area contributed by atoms with Crippen molar-refractivity contribution in [3.05, 3.63) is 29.8 Å². The van der Waals surface area contributed by atoms with Crippen molar-refractivity contribution in [2.45, 2.75) is 32.4 Å². The zero-order chi connectivity index (χ0) is 15.1. The number of hydrogen-bond donors (Lipinski definition) is 2. The molecule has 0 aromatic heterocycles. The van der Waals surface area contributed by atoms with Gasteiger partial charge in [0.1, 0.15) is 5.75 Å². The number of phenols is 1. The lowest BCUT2D eigenvalue weighted by molar-refractivity contribution is -0.135. The van der Waals surface area contributed by atoms with Crippen molar-refractivity contribution in [1.82, 2.24) is 4.90 Å². The van der Waals surface area contributed by atoms with Crippen molar-refractivity contribution >= 4 is 5.91 Å². The second kappa shape index (κ2) is 7.87. The number of carbonyl (C=O) groups excluding carboxylic acids is 1. The first-order chi connectivity index (χ1) is 9.45. The summed E-state index contributed by atoms with van der Waals surface area (Å²) in [5, 5.41) is 9.24. The van der Waals surface area contributed by atoms with Crippen LogP contribution in [0.5, 0.6) is 5.75 Å². The smallest absolute Gasteiger partial charge is 0.240 e. The van der Waals surface area contributed by atoms with E-state index in [1.807, 2.05) is 13.8 Å². The average Bonchev–Trinajstić information content (AvgIpc) is 2.41. The van der Waals surface area contributed by atoms with Gasteiger partial charge in [-0.05, 0) is 38.0 Å². The first kappa shape index (κ1) is 16.5. The molecule has 1 aromatic rings. The molecule has 1 aromatic carbocycles. The molecule has 0 saturated carbocycles. The van der Waals surface area contributed by atoms with Crippen LogP contribution in [0.1, 0.15) is 19.4 Å². The van der Waals surface area contributed by atoms with Crippen molar-refractivity contribution in [3.63, 3.8) is 0 Å². The number of ether oxygens (including phenoxy) is 1. The maximum Gasteiger partial charge on any atom is 0.240 e. The Morgan fingerprint density at radius 3 is 2.45 bits per heavy atom. The van der Waals surface area contributed by atoms with E-state index in [0.717, 1.165) is 5.56 Å². The Morgan fingerprint density at radius 2 is 1.95 bits per heavy atom. The normalized spacial score (nSPS) is 12.4. The standard InChI is InChI=1S/C15H24N2O3/c1-11(2)17(8-9-20-3)15(19)14(16)10-12-4-6-13(18)7-5-12/h4-7,11,14,18H,8-10,16H2,1-3H3/t14-/m0/s1. The molecule has 20 heavy (non-hydrogen) atoms. The predicted molar refractivity (Wildman–Crippen MR) is 78.5 cm³/mol. The molecule has 1 rings (SSSR count). The molecule has 0 bridgehead atoms. The number of nitrogens with two attached hydrogens (primary N) is 1. The van der Waals surface area contributed by atoms with Gasteiger partial charge >= 0.3 is 0 Å². The number of nitrogens with zero attached hydrogens (tertiary/aromatic N) is 1. The molecule has 0 aliphatic rings. The van der Waals surface area contributed by atoms with Gasteiger partial charge in [-0.2, -0.15) is 0 Å². The van der Waals surface area contributed by atoms with E-state index in [9.17, 15) is 9.90 Å². The van der Waals surface area contributed by atoms with Gasteiger partial charge in [-0.25, -0.2) is 0 Å². The minimum absolute atomic E-state index is 0.0786. The van der Waals surface area contributed by atoms with E-state index < -0.39 is 6.04 Å². The summed E-state index contributed by atoms with van der Waals surface area (Å²) >= 11 is 0. The van der Waals surface area contributed by atoms with Crippen molar-refractivity contribution < 1.29 is 14.6 Å². The second-order valence-electron chi connectivity index (χ2n) is 5.10. The number of hydrogen-bond acceptors (Lipinski definition) is 4. The first-order valence-electron chi connectivity index (χ1n) is 6.78. The van der Waals surface area contributed by atoms with Gasteiger partial charge in [0.25, 0.3) is 0 Å². The summed E-state index contributed by atoms with van der Waals surface area (Å²) in [5.41, 5.74) is 6.93. The Bertz CT molecular complexity index is 418. The summed E-state index contributed by atoms with van der Waals surface area (Å²) in [6.07, 6.45) is 0.454. The van der Waals surface area contributed by atoms with Crippen LogP contribution in [0, 0.1) is 0 Å². The highest BCUT2D eigenvalue weighted by Crippen LogP contribution is 2.12. The van der Waals surface area contributed by atoms with Crippen LogP contribution in [0.25, 0.3) is 0 Å². The molecular formula is C15H24N2O3. The van der Waals surface area contributed by atoms with E-state index in [1.165, 1.54) is 0 Å². The zero-order valence-corrected chi connectivity index (χ0v) is 12.4. The third-order valence-electron chi connectivity index (χ3n) is 3.15. The number of aromatic hydroxyl groups is 1. The van der Waals surface area contributed by atoms with Gasteiger partial charge in [0.15, 0.2) is 0 Å². The summed E-state index contributed by atoms with van der Waals surface area (Å²) < 4.78 is 5.02. The Morgan fingerprint density at radius 1 is 1.35 bits per heavy atom. The van der Waals surface area contributed by atoms with Crippen LogP contribution in [0.2, 0.25) is 0 Å². The van der Waals surface area contributed by atoms with E-state index >= 15 is 0 Å². The molecular weight excluding hydrogens is 256 g/mol. The van der Waals surface area contributed by atoms with Crippen LogP contribution in [0.15, 0.2) is 24.3 Å². The van der Waals surface area contributed by atoms with Gasteiger partial charge in [0.05, 0.1) is 12.6 Å². The van der Waals surface area contributed by atoms with Gasteiger partial charge in [0, 0.05) is 19.7 Å². The Kier molecular flexibility index (Phi) is 6.48. The molecule has 1 amide bonds. The molecule has 0 aliphatic heterocycles. The van der Waals surface area contributed by atoms with Crippen molar-refractivity contribution in [1.29, 1.82) is 0 Å². The number of benzene rings is 1. The molecule has 0 fully saturated rings. The average molecular weight is 280 g/mol. The van der Waals surface area contributed by atoms with Gasteiger partial charge in [-0.3, -0.25) is 4.79 Å². The monoisotopic (exact) mass is 280 g/mol. The summed E-state index contributed by atoms with van der Waals surface area (Å²) in [6, 6.07) is 6.24. The van der Waals surface area contributed by atoms with Gasteiger partial charge in [0.2, 0.25) is 5.91 Å². The van der Waals surface area contributed by atoms with Gasteiger partial charge in [-0.15, -0.1) is 0 Å². The molecule has 5 heteroatoms. The molecule has 112 valence electrons. The third-order valence-corrected chi connectivity index (χ3v) is 3.15. The highest BCUT2D eigenvalue weighted by molar-refractivity contribution is 5.82. The minimum Gasteiger partial charge on any atom is -0.508 e. The molecule has 0 heterocycles. The van der Waals surface area contributed by atoms with Crippen LogP contribution >= 0.6 is 0 Å². The summed E-state index contributed by atoms with van der Waals surface area (Å²) in [7, 11) is 1.61. The van der Waals surface area contributed by atoms with Crippen molar-refractivity contribution in [2.24, 2.45) is 5.73 Å². The fraction of sp³-hybridized carbons (Fsp3) is 0.533. The molecule has 0 radical (unpaired) electrons. The molecule has 3 N–H and O–H groups in total. The van der Waals surface area contributed by atoms with Gasteiger partial charge < -0.3 is 20.5 Å². The SMILES string of the molecule is COCCN(C(=O)[C@@H](N)Cc1ccc(O)cc1)C(C)C. The summed E-state index contributed by atoms with van der Waals surface area (Å²) in [5.74, 6) is 0.127. The highest BCUT2D eigenvalue weighted by atomic mass is 16.5. The van der Waals surface area contributed by atoms with E-state index in [1.54, 1.807) is 36.3 Å². The number of carbonyl (C=O) groups is 1. The summed E-state index contributed by atoms with van der Waals surface area (Å²) in [6.45, 7) is 4.95. The van der Waals surface area contributed by atoms with Crippen LogP contribution in [0.4, 0.5) is 0 Å². The van der Waals surface area contributed by atoms with E-state index in [-0.39, 0.29) is 17.7 Å². The van der Waals surface area contributed by atoms with E-state index in [4.69, 9.17) is 10.5 Å². The maximum atomic E-state index is 12.4. The van der Waals surface area contributed by atoms with Crippen LogP contribution in [-0.2, 0) is 16.0 Å². The minimum atomic E-state index is -0.584. The number of methoxy groups -OCH3 is 1. The van der Waals surface area contributed by atoms with Crippen LogP contribution in [-0.4, -0.2) is 48.3 Å². The van der Waals surface area contributed by atoms with Crippen LogP contribution in [0.3, 0.4) is 0 Å². The number of phenolic OH excluding ortho intramolecular Hbond substituents is 1. The van der Waals surface area contributed by atoms with E-state index in [2.05, 4.69) is 0 Å². The van der Waals surface area contributed by atoms with E-state index in [0.29, 0.717) is 19.6 Å². The molecule has 0 aliphatic carbocycles. The summed E-state index contributed by atoms with van der Waals surface area (Å²) in [4.78, 5) is 14.1. The largest absolute Gasteiger partial charge is 0.508 e. The van der Waals surface area contributed by atoms with Crippen LogP contribution < -0.4 is 5.73 Å². The van der Waals surface area contributed by atoms with Crippen molar-refractivity contribution in [3.8, 4) is 5.75 Å². The fourth-order valence-electron chi connectivity index (χ4n) is 2.00. The third kappa shape index (κ3) is 4.83. The van der Waals surface area contributed by atoms with Crippen molar-refractivity contribution in [2.75, 3.05) is 20.3 Å².